The number of hydrogen-bond acceptors (Lipinski definition) is 5. The molecule has 2 aromatic heterocycles. The molecule has 72 heavy (non-hydrogen) atoms. The minimum absolute atomic E-state index is 0. The van der Waals surface area contributed by atoms with Gasteiger partial charge in [-0.25, -0.2) is 0 Å². The molecule has 8 heteroatoms. The molecule has 0 fully saturated rings. The molecule has 0 aliphatic carbocycles. The van der Waals surface area contributed by atoms with Crippen LogP contribution in [0.15, 0.2) is 146 Å². The minimum Gasteiger partial charge on any atom is -0.507 e. The first-order chi connectivity index (χ1) is 33.6. The van der Waals surface area contributed by atoms with E-state index in [4.69, 9.17) is 19.4 Å². The second-order valence-corrected chi connectivity index (χ2v) is 23.6. The maximum Gasteiger partial charge on any atom is 0.260 e. The van der Waals surface area contributed by atoms with Gasteiger partial charge in [0, 0.05) is 60.7 Å². The van der Waals surface area contributed by atoms with E-state index >= 15 is 0 Å². The summed E-state index contributed by atoms with van der Waals surface area (Å²) in [4.78, 5) is 11.1. The first kappa shape index (κ1) is 48.9. The number of fused-ring (bicyclic) bond motifs is 6. The predicted octanol–water partition coefficient (Wildman–Crippen LogP) is 14.5. The van der Waals surface area contributed by atoms with E-state index in [-0.39, 0.29) is 55.2 Å². The maximum atomic E-state index is 12.2. The number of phenolic OH excluding ortho intramolecular Hbond substituents is 1. The topological polar surface area (TPSA) is 69.4 Å². The van der Waals surface area contributed by atoms with Crippen molar-refractivity contribution in [2.75, 3.05) is 0 Å². The van der Waals surface area contributed by atoms with Crippen molar-refractivity contribution in [3.63, 3.8) is 0 Å². The van der Waals surface area contributed by atoms with Crippen LogP contribution in [0.2, 0.25) is 0 Å². The molecule has 6 nitrogen and oxygen atoms in total. The quantitative estimate of drug-likeness (QED) is 0.137. The van der Waals surface area contributed by atoms with Crippen LogP contribution in [0.1, 0.15) is 105 Å². The smallest absolute Gasteiger partial charge is 0.260 e. The van der Waals surface area contributed by atoms with Crippen LogP contribution in [-0.2, 0) is 42.7 Å². The number of nitrogens with zero attached hydrogens (tertiary/aromatic N) is 3. The molecule has 2 aliphatic heterocycles. The third kappa shape index (κ3) is 8.48. The Labute approximate surface area is 439 Å². The molecule has 0 saturated carbocycles. The monoisotopic (exact) mass is 1130 g/mol. The second-order valence-electron chi connectivity index (χ2n) is 23.6. The van der Waals surface area contributed by atoms with Crippen LogP contribution in [-0.4, -0.2) is 26.4 Å². The van der Waals surface area contributed by atoms with Gasteiger partial charge < -0.3 is 19.1 Å². The summed E-state index contributed by atoms with van der Waals surface area (Å²) in [7, 11) is 0. The number of phenols is 1. The van der Waals surface area contributed by atoms with Gasteiger partial charge in [0.1, 0.15) is 28.5 Å². The Balaban J connectivity index is 0.00000596. The van der Waals surface area contributed by atoms with Crippen LogP contribution in [0.4, 0.5) is 0 Å². The summed E-state index contributed by atoms with van der Waals surface area (Å²) in [5, 5.41) is 12.2. The van der Waals surface area contributed by atoms with E-state index in [9.17, 15) is 5.11 Å². The van der Waals surface area contributed by atoms with Gasteiger partial charge >= 0.3 is 0 Å². The van der Waals surface area contributed by atoms with E-state index in [1.54, 1.807) is 0 Å². The summed E-state index contributed by atoms with van der Waals surface area (Å²) in [6.07, 6.45) is 0. The van der Waals surface area contributed by atoms with E-state index in [0.717, 1.165) is 106 Å². The molecule has 0 atom stereocenters. The molecule has 11 rings (SSSR count). The van der Waals surface area contributed by atoms with Gasteiger partial charge in [0.25, 0.3) is 6.71 Å². The molecule has 0 radical (unpaired) electrons. The average Bonchev–Trinajstić information content (AvgIpc) is 3.72. The van der Waals surface area contributed by atoms with Gasteiger partial charge in [0.2, 0.25) is 0 Å². The van der Waals surface area contributed by atoms with Gasteiger partial charge in [0.05, 0.1) is 17.0 Å². The number of pyridine rings is 1. The maximum absolute atomic E-state index is 12.2. The summed E-state index contributed by atoms with van der Waals surface area (Å²) in [5.41, 5.74) is 15.3. The van der Waals surface area contributed by atoms with Gasteiger partial charge in [-0.2, -0.15) is 0 Å². The van der Waals surface area contributed by atoms with Crippen molar-refractivity contribution in [3.05, 3.63) is 174 Å². The van der Waals surface area contributed by atoms with Crippen LogP contribution in [0.5, 0.6) is 28.7 Å². The summed E-state index contributed by atoms with van der Waals surface area (Å²) < 4.78 is 16.2. The number of benzene rings is 7. The Morgan fingerprint density at radius 1 is 0.514 bits per heavy atom. The molecular weight excluding hydrogens is 1060 g/mol. The molecule has 0 bridgehead atoms. The number of ether oxygens (including phenoxy) is 2. The Kier molecular flexibility index (Phi) is 11.9. The summed E-state index contributed by atoms with van der Waals surface area (Å²) in [5.74, 6) is 4.03. The average molecular weight is 1130 g/mol. The fourth-order valence-electron chi connectivity index (χ4n) is 10.3. The Hall–Kier alpha value is -6.69. The van der Waals surface area contributed by atoms with Crippen molar-refractivity contribution < 1.29 is 35.6 Å². The predicted molar refractivity (Wildman–Crippen MR) is 294 cm³/mol. The largest absolute Gasteiger partial charge is 0.507 e. The van der Waals surface area contributed by atoms with Crippen LogP contribution >= 0.6 is 0 Å². The zero-order valence-electron chi connectivity index (χ0n) is 43.4. The summed E-state index contributed by atoms with van der Waals surface area (Å²) >= 11 is 0. The first-order valence-corrected chi connectivity index (χ1v) is 24.9. The van der Waals surface area contributed by atoms with E-state index in [0.29, 0.717) is 11.6 Å². The van der Waals surface area contributed by atoms with Crippen LogP contribution in [0.25, 0.3) is 61.8 Å². The molecule has 0 spiro atoms. The number of imidazole rings is 1. The third-order valence-electron chi connectivity index (χ3n) is 14.3. The van der Waals surface area contributed by atoms with Crippen molar-refractivity contribution in [3.8, 4) is 79.5 Å². The standard InChI is InChI=1S/C64H61BN3O3.Pt/c1-61(2,3)41-29-30-51(44(32-41)38-21-14-13-15-22-38)68-52-37-55-56-59(71-54-28-19-17-26-48(54)65(56)47-25-16-18-27-53(47)70-55)57(52)67-60(68)40-24-20-23-39(31-40)49-35-43(63(7,8)9)36-50(66-49)45-33-42(62(4,5)6)34-46(58(45)69)64(10,11)12;/h13-30,32-37,69H,1-12H3;/q-1;. The Morgan fingerprint density at radius 2 is 1.10 bits per heavy atom. The molecule has 2 aliphatic rings. The van der Waals surface area contributed by atoms with Gasteiger partial charge in [-0.1, -0.05) is 179 Å². The second kappa shape index (κ2) is 17.5. The molecule has 0 unspecified atom stereocenters. The fraction of sp³-hybridized carbons (Fsp3) is 0.250. The van der Waals surface area contributed by atoms with Gasteiger partial charge in [-0.3, -0.25) is 9.97 Å². The van der Waals surface area contributed by atoms with Gasteiger partial charge in [0.15, 0.2) is 5.75 Å². The molecular formula is C64H61BN3O3Pt-. The van der Waals surface area contributed by atoms with Crippen molar-refractivity contribution in [1.82, 2.24) is 14.5 Å². The Bertz CT molecular complexity index is 3590. The van der Waals surface area contributed by atoms with E-state index in [1.807, 2.05) is 12.1 Å². The van der Waals surface area contributed by atoms with Gasteiger partial charge in [-0.05, 0) is 91.2 Å². The molecule has 7 aromatic carbocycles. The van der Waals surface area contributed by atoms with Crippen LogP contribution in [0.3, 0.4) is 0 Å². The number of rotatable bonds is 5. The van der Waals surface area contributed by atoms with Crippen molar-refractivity contribution in [2.45, 2.75) is 105 Å². The van der Waals surface area contributed by atoms with Crippen LogP contribution < -0.4 is 25.9 Å². The molecule has 9 aromatic rings. The molecule has 0 amide bonds. The van der Waals surface area contributed by atoms with Crippen molar-refractivity contribution in [1.29, 1.82) is 0 Å². The molecule has 364 valence electrons. The Morgan fingerprint density at radius 3 is 1.75 bits per heavy atom. The van der Waals surface area contributed by atoms with Crippen molar-refractivity contribution >= 4 is 34.1 Å². The van der Waals surface area contributed by atoms with E-state index in [1.165, 1.54) is 5.56 Å². The number of aromatic hydroxyl groups is 1. The minimum atomic E-state index is -0.297. The zero-order chi connectivity index (χ0) is 49.9. The number of hydrogen-bond donors (Lipinski definition) is 1. The fourth-order valence-corrected chi connectivity index (χ4v) is 10.3. The normalized spacial score (nSPS) is 13.1. The van der Waals surface area contributed by atoms with Crippen molar-refractivity contribution in [2.24, 2.45) is 0 Å². The first-order valence-electron chi connectivity index (χ1n) is 24.9. The molecule has 1 N–H and O–H groups in total. The molecule has 0 saturated heterocycles. The van der Waals surface area contributed by atoms with E-state index < -0.39 is 0 Å². The summed E-state index contributed by atoms with van der Waals surface area (Å²) in [6.45, 7) is 26.4. The number of aromatic nitrogens is 3. The third-order valence-corrected chi connectivity index (χ3v) is 14.3. The van der Waals surface area contributed by atoms with Gasteiger partial charge in [-0.15, -0.1) is 24.3 Å². The van der Waals surface area contributed by atoms with Crippen LogP contribution in [0, 0.1) is 6.07 Å². The van der Waals surface area contributed by atoms with E-state index in [2.05, 4.69) is 227 Å². The molecule has 4 heterocycles. The summed E-state index contributed by atoms with van der Waals surface area (Å²) in [6, 6.07) is 55.0. The SMILES string of the molecule is CC(C)(C)c1cc(-c2[c-]c(-c3nc4c5c6c(cc4n3-c3ccc(C(C)(C)C)cc3-c3ccccc3)Oc3ccccc3B6c3ccccc3O5)ccc2)nc(-c2cc(C(C)(C)C)cc(C(C)(C)C)c2O)c1.[Pt]. The number of para-hydroxylation sites is 2. The zero-order valence-corrected chi connectivity index (χ0v) is 45.6.